The van der Waals surface area contributed by atoms with Gasteiger partial charge >= 0.3 is 6.18 Å². The highest BCUT2D eigenvalue weighted by Gasteiger charge is 2.35. The van der Waals surface area contributed by atoms with Gasteiger partial charge in [-0.3, -0.25) is 5.43 Å². The molecule has 0 amide bonds. The summed E-state index contributed by atoms with van der Waals surface area (Å²) in [7, 11) is 0. The molecule has 2 rings (SSSR count). The number of anilines is 2. The molecule has 112 valence electrons. The maximum atomic E-state index is 12.8. The maximum Gasteiger partial charge on any atom is 0.433 e. The van der Waals surface area contributed by atoms with E-state index in [2.05, 4.69) is 15.3 Å². The van der Waals surface area contributed by atoms with Gasteiger partial charge in [-0.2, -0.15) is 18.2 Å². The van der Waals surface area contributed by atoms with E-state index in [1.165, 1.54) is 0 Å². The van der Waals surface area contributed by atoms with Crippen molar-refractivity contribution in [2.24, 2.45) is 5.84 Å². The summed E-state index contributed by atoms with van der Waals surface area (Å²) in [5.74, 6) is 4.91. The quantitative estimate of drug-likeness (QED) is 0.581. The molecule has 1 aromatic heterocycles. The van der Waals surface area contributed by atoms with Crippen LogP contribution in [0.25, 0.3) is 0 Å². The van der Waals surface area contributed by atoms with Gasteiger partial charge in [0.05, 0.1) is 0 Å². The van der Waals surface area contributed by atoms with E-state index < -0.39 is 11.9 Å². The molecule has 2 heterocycles. The molecule has 0 spiro atoms. The molecule has 20 heavy (non-hydrogen) atoms. The lowest BCUT2D eigenvalue weighted by Crippen LogP contribution is -2.41. The molecule has 0 atom stereocenters. The molecule has 1 fully saturated rings. The average molecular weight is 291 g/mol. The molecule has 1 aliphatic heterocycles. The van der Waals surface area contributed by atoms with Gasteiger partial charge in [0.15, 0.2) is 5.69 Å². The third-order valence-corrected chi connectivity index (χ3v) is 3.17. The predicted octanol–water partition coefficient (Wildman–Crippen LogP) is 1.76. The first kappa shape index (κ1) is 14.8. The summed E-state index contributed by atoms with van der Waals surface area (Å²) in [5.41, 5.74) is 0.640. The van der Waals surface area contributed by atoms with Gasteiger partial charge in [0.2, 0.25) is 5.95 Å². The number of hydrogen-bond acceptors (Lipinski definition) is 6. The van der Waals surface area contributed by atoms with Gasteiger partial charge in [-0.15, -0.1) is 0 Å². The molecule has 0 radical (unpaired) electrons. The number of aromatic nitrogens is 2. The summed E-state index contributed by atoms with van der Waals surface area (Å²) in [6.07, 6.45) is -3.19. The van der Waals surface area contributed by atoms with Gasteiger partial charge in [-0.1, -0.05) is 0 Å². The zero-order chi connectivity index (χ0) is 14.8. The summed E-state index contributed by atoms with van der Waals surface area (Å²) in [4.78, 5) is 7.21. The molecule has 1 saturated heterocycles. The number of nitrogens with one attached hydrogen (secondary N) is 2. The lowest BCUT2D eigenvalue weighted by molar-refractivity contribution is -0.141. The molecule has 1 aromatic rings. The Bertz CT molecular complexity index is 474. The van der Waals surface area contributed by atoms with Crippen molar-refractivity contribution in [1.29, 1.82) is 0 Å². The van der Waals surface area contributed by atoms with Crippen molar-refractivity contribution >= 4 is 11.8 Å². The highest BCUT2D eigenvalue weighted by Crippen LogP contribution is 2.31. The van der Waals surface area contributed by atoms with Gasteiger partial charge in [0.1, 0.15) is 5.82 Å². The molecule has 0 aliphatic carbocycles. The fourth-order valence-electron chi connectivity index (χ4n) is 1.98. The fourth-order valence-corrected chi connectivity index (χ4v) is 1.98. The number of nitrogens with zero attached hydrogens (tertiary/aromatic N) is 2. The van der Waals surface area contributed by atoms with Gasteiger partial charge in [-0.25, -0.2) is 10.8 Å². The number of halogens is 3. The smallest absolute Gasteiger partial charge is 0.381 e. The molecule has 0 saturated carbocycles. The Balaban J connectivity index is 2.26. The summed E-state index contributed by atoms with van der Waals surface area (Å²) in [6, 6.07) is 0.877. The van der Waals surface area contributed by atoms with Crippen LogP contribution in [0, 0.1) is 0 Å². The molecule has 4 N–H and O–H groups in total. The minimum Gasteiger partial charge on any atom is -0.381 e. The van der Waals surface area contributed by atoms with Crippen LogP contribution in [0.3, 0.4) is 0 Å². The predicted molar refractivity (Wildman–Crippen MR) is 66.9 cm³/mol. The van der Waals surface area contributed by atoms with Gasteiger partial charge in [-0.05, 0) is 19.8 Å². The van der Waals surface area contributed by atoms with Crippen LogP contribution >= 0.6 is 0 Å². The molecule has 0 aromatic carbocycles. The lowest BCUT2D eigenvalue weighted by atomic mass is 9.92. The number of hydrazine groups is 1. The lowest BCUT2D eigenvalue weighted by Gasteiger charge is -2.35. The Morgan fingerprint density at radius 1 is 1.30 bits per heavy atom. The summed E-state index contributed by atoms with van der Waals surface area (Å²) in [5, 5.41) is 3.02. The number of hydrogen-bond donors (Lipinski definition) is 3. The van der Waals surface area contributed by atoms with E-state index >= 15 is 0 Å². The van der Waals surface area contributed by atoms with E-state index in [0.717, 1.165) is 6.07 Å². The normalized spacial score (nSPS) is 18.6. The maximum absolute atomic E-state index is 12.8. The van der Waals surface area contributed by atoms with E-state index in [1.54, 1.807) is 0 Å². The van der Waals surface area contributed by atoms with Crippen molar-refractivity contribution in [2.45, 2.75) is 31.5 Å². The molecular formula is C11H16F3N5O. The second kappa shape index (κ2) is 5.41. The number of rotatable bonds is 3. The Labute approximate surface area is 113 Å². The van der Waals surface area contributed by atoms with E-state index in [1.807, 2.05) is 12.3 Å². The first-order valence-electron chi connectivity index (χ1n) is 6.11. The second-order valence-electron chi connectivity index (χ2n) is 4.90. The van der Waals surface area contributed by atoms with Crippen molar-refractivity contribution < 1.29 is 17.9 Å². The zero-order valence-electron chi connectivity index (χ0n) is 10.9. The van der Waals surface area contributed by atoms with Crippen LogP contribution in [0.4, 0.5) is 24.9 Å². The molecular weight excluding hydrogens is 275 g/mol. The average Bonchev–Trinajstić information content (AvgIpc) is 2.37. The Morgan fingerprint density at radius 3 is 2.50 bits per heavy atom. The molecule has 0 unspecified atom stereocenters. The van der Waals surface area contributed by atoms with E-state index in [9.17, 15) is 13.2 Å². The topological polar surface area (TPSA) is 85.1 Å². The Morgan fingerprint density at radius 2 is 1.95 bits per heavy atom. The van der Waals surface area contributed by atoms with Crippen LogP contribution < -0.4 is 16.6 Å². The van der Waals surface area contributed by atoms with Crippen molar-refractivity contribution in [3.05, 3.63) is 11.8 Å². The standard InChI is InChI=1S/C11H16F3N5O/c1-10(2-4-20-5-3-10)18-8-6-7(11(12,13)14)16-9(17-8)19-15/h6H,2-5,15H2,1H3,(H2,16,17,18,19). The largest absolute Gasteiger partial charge is 0.433 e. The van der Waals surface area contributed by atoms with Crippen molar-refractivity contribution in [3.8, 4) is 0 Å². The van der Waals surface area contributed by atoms with Crippen molar-refractivity contribution in [2.75, 3.05) is 24.0 Å². The monoisotopic (exact) mass is 291 g/mol. The number of alkyl halides is 3. The summed E-state index contributed by atoms with van der Waals surface area (Å²) < 4.78 is 43.5. The van der Waals surface area contributed by atoms with Gasteiger partial charge in [0, 0.05) is 24.8 Å². The SMILES string of the molecule is CC1(Nc2cc(C(F)(F)F)nc(NN)n2)CCOCC1. The fraction of sp³-hybridized carbons (Fsp3) is 0.636. The van der Waals surface area contributed by atoms with Crippen LogP contribution in [0.1, 0.15) is 25.5 Å². The zero-order valence-corrected chi connectivity index (χ0v) is 10.9. The number of nitrogens with two attached hydrogens (primary N) is 1. The minimum absolute atomic E-state index is 0.0877. The third-order valence-electron chi connectivity index (χ3n) is 3.17. The Hall–Kier alpha value is -1.61. The highest BCUT2D eigenvalue weighted by atomic mass is 19.4. The van der Waals surface area contributed by atoms with Gasteiger partial charge < -0.3 is 10.1 Å². The van der Waals surface area contributed by atoms with Crippen LogP contribution in [0.2, 0.25) is 0 Å². The molecule has 1 aliphatic rings. The first-order chi connectivity index (χ1) is 9.32. The van der Waals surface area contributed by atoms with E-state index in [-0.39, 0.29) is 17.3 Å². The summed E-state index contributed by atoms with van der Waals surface area (Å²) >= 11 is 0. The third kappa shape index (κ3) is 3.48. The second-order valence-corrected chi connectivity index (χ2v) is 4.90. The van der Waals surface area contributed by atoms with Crippen LogP contribution in [0.5, 0.6) is 0 Å². The summed E-state index contributed by atoms with van der Waals surface area (Å²) in [6.45, 7) is 3.03. The van der Waals surface area contributed by atoms with Crippen molar-refractivity contribution in [1.82, 2.24) is 9.97 Å². The van der Waals surface area contributed by atoms with Crippen LogP contribution in [0.15, 0.2) is 6.07 Å². The van der Waals surface area contributed by atoms with Crippen LogP contribution in [-0.2, 0) is 10.9 Å². The number of ether oxygens (including phenoxy) is 1. The molecule has 0 bridgehead atoms. The van der Waals surface area contributed by atoms with Gasteiger partial charge in [0.25, 0.3) is 0 Å². The van der Waals surface area contributed by atoms with E-state index in [0.29, 0.717) is 26.1 Å². The first-order valence-corrected chi connectivity index (χ1v) is 6.11. The van der Waals surface area contributed by atoms with Crippen molar-refractivity contribution in [3.63, 3.8) is 0 Å². The van der Waals surface area contributed by atoms with Crippen LogP contribution in [-0.4, -0.2) is 28.7 Å². The molecule has 9 heteroatoms. The van der Waals surface area contributed by atoms with E-state index in [4.69, 9.17) is 10.6 Å². The molecule has 6 nitrogen and oxygen atoms in total. The highest BCUT2D eigenvalue weighted by molar-refractivity contribution is 5.44. The Kier molecular flexibility index (Phi) is 4.00. The number of nitrogen functional groups attached to an aromatic ring is 1. The minimum atomic E-state index is -4.55.